The van der Waals surface area contributed by atoms with Gasteiger partial charge in [-0.2, -0.15) is 13.2 Å². The Labute approximate surface area is 150 Å². The summed E-state index contributed by atoms with van der Waals surface area (Å²) >= 11 is 0. The van der Waals surface area contributed by atoms with E-state index in [4.69, 9.17) is 0 Å². The fourth-order valence-corrected chi connectivity index (χ4v) is 3.76. The van der Waals surface area contributed by atoms with Crippen molar-refractivity contribution in [1.82, 2.24) is 9.62 Å². The lowest BCUT2D eigenvalue weighted by Crippen LogP contribution is -2.52. The van der Waals surface area contributed by atoms with Crippen LogP contribution in [-0.4, -0.2) is 55.8 Å². The predicted octanol–water partition coefficient (Wildman–Crippen LogP) is 1.22. The van der Waals surface area contributed by atoms with Gasteiger partial charge in [-0.05, 0) is 18.4 Å². The summed E-state index contributed by atoms with van der Waals surface area (Å²) < 4.78 is 64.3. The van der Waals surface area contributed by atoms with Crippen molar-refractivity contribution in [3.05, 3.63) is 35.9 Å². The zero-order valence-electron chi connectivity index (χ0n) is 14.2. The zero-order chi connectivity index (χ0) is 19.6. The number of aliphatic hydroxyl groups is 1. The fraction of sp³-hybridized carbons (Fsp3) is 0.562. The highest BCUT2D eigenvalue weighted by molar-refractivity contribution is 7.88. The monoisotopic (exact) mass is 394 g/mol. The van der Waals surface area contributed by atoms with Gasteiger partial charge in [0.1, 0.15) is 0 Å². The Morgan fingerprint density at radius 1 is 1.23 bits per heavy atom. The van der Waals surface area contributed by atoms with Crippen LogP contribution < -0.4 is 5.32 Å². The average molecular weight is 394 g/mol. The van der Waals surface area contributed by atoms with Gasteiger partial charge in [-0.15, -0.1) is 0 Å². The molecule has 0 unspecified atom stereocenters. The third-order valence-electron chi connectivity index (χ3n) is 4.53. The summed E-state index contributed by atoms with van der Waals surface area (Å²) in [5.41, 5.74) is -3.56. The normalized spacial score (nSPS) is 19.7. The summed E-state index contributed by atoms with van der Waals surface area (Å²) in [6.07, 6.45) is -3.47. The highest BCUT2D eigenvalue weighted by Gasteiger charge is 2.55. The maximum Gasteiger partial charge on any atom is 0.423 e. The molecule has 0 radical (unpaired) electrons. The lowest BCUT2D eigenvalue weighted by molar-refractivity contribution is -0.264. The van der Waals surface area contributed by atoms with Crippen molar-refractivity contribution in [2.24, 2.45) is 5.92 Å². The Morgan fingerprint density at radius 2 is 1.77 bits per heavy atom. The molecular formula is C16H21F3N2O4S. The molecule has 0 aliphatic carbocycles. The van der Waals surface area contributed by atoms with E-state index in [0.29, 0.717) is 0 Å². The number of rotatable bonds is 5. The van der Waals surface area contributed by atoms with Gasteiger partial charge in [0.15, 0.2) is 0 Å². The van der Waals surface area contributed by atoms with E-state index in [-0.39, 0.29) is 31.5 Å². The number of carbonyl (C=O) groups excluding carboxylic acids is 1. The van der Waals surface area contributed by atoms with Crippen molar-refractivity contribution in [3.8, 4) is 0 Å². The molecular weight excluding hydrogens is 373 g/mol. The summed E-state index contributed by atoms with van der Waals surface area (Å²) in [5.74, 6) is -1.22. The van der Waals surface area contributed by atoms with Crippen LogP contribution >= 0.6 is 0 Å². The van der Waals surface area contributed by atoms with E-state index in [2.05, 4.69) is 5.32 Å². The molecule has 2 rings (SSSR count). The van der Waals surface area contributed by atoms with E-state index < -0.39 is 40.2 Å². The number of amides is 1. The maximum absolute atomic E-state index is 13.4. The Hall–Kier alpha value is -1.65. The van der Waals surface area contributed by atoms with Crippen molar-refractivity contribution in [1.29, 1.82) is 0 Å². The number of alkyl halides is 3. The number of hydrogen-bond acceptors (Lipinski definition) is 4. The second-order valence-electron chi connectivity index (χ2n) is 6.38. The molecule has 1 fully saturated rings. The van der Waals surface area contributed by atoms with Crippen molar-refractivity contribution in [2.45, 2.75) is 24.6 Å². The second-order valence-corrected chi connectivity index (χ2v) is 8.36. The Kier molecular flexibility index (Phi) is 5.99. The molecule has 1 saturated heterocycles. The minimum absolute atomic E-state index is 0.138. The van der Waals surface area contributed by atoms with Crippen molar-refractivity contribution < 1.29 is 31.5 Å². The Bertz CT molecular complexity index is 732. The van der Waals surface area contributed by atoms with Gasteiger partial charge in [0.25, 0.3) is 0 Å². The van der Waals surface area contributed by atoms with Crippen LogP contribution in [0.2, 0.25) is 0 Å². The molecule has 1 aromatic rings. The van der Waals surface area contributed by atoms with Crippen LogP contribution in [0.15, 0.2) is 30.3 Å². The van der Waals surface area contributed by atoms with Crippen LogP contribution in [0, 0.1) is 5.92 Å². The molecule has 10 heteroatoms. The van der Waals surface area contributed by atoms with Crippen LogP contribution in [0.3, 0.4) is 0 Å². The minimum Gasteiger partial charge on any atom is -0.375 e. The van der Waals surface area contributed by atoms with Gasteiger partial charge in [-0.25, -0.2) is 12.7 Å². The van der Waals surface area contributed by atoms with E-state index in [1.165, 1.54) is 22.5 Å². The summed E-state index contributed by atoms with van der Waals surface area (Å²) in [4.78, 5) is 12.2. The highest BCUT2D eigenvalue weighted by atomic mass is 32.2. The number of carbonyl (C=O) groups is 1. The van der Waals surface area contributed by atoms with Gasteiger partial charge < -0.3 is 10.4 Å². The fourth-order valence-electron chi connectivity index (χ4n) is 2.89. The molecule has 6 nitrogen and oxygen atoms in total. The van der Waals surface area contributed by atoms with E-state index in [0.717, 1.165) is 18.4 Å². The molecule has 0 saturated carbocycles. The number of nitrogens with one attached hydrogen (secondary N) is 1. The third kappa shape index (κ3) is 4.54. The van der Waals surface area contributed by atoms with Crippen LogP contribution in [0.5, 0.6) is 0 Å². The molecule has 1 aromatic carbocycles. The van der Waals surface area contributed by atoms with E-state index >= 15 is 0 Å². The molecule has 146 valence electrons. The first-order valence-corrected chi connectivity index (χ1v) is 9.87. The Morgan fingerprint density at radius 3 is 2.23 bits per heavy atom. The van der Waals surface area contributed by atoms with Gasteiger partial charge in [-0.3, -0.25) is 4.79 Å². The standard InChI is InChI=1S/C16H21F3N2O4S/c1-26(24,25)21-9-7-12(8-10-21)14(22)20-11-15(23,16(17,18)19)13-5-3-2-4-6-13/h2-6,12,23H,7-11H2,1H3,(H,20,22)/t15-/m1/s1. The molecule has 1 atom stereocenters. The van der Waals surface area contributed by atoms with Crippen molar-refractivity contribution in [3.63, 3.8) is 0 Å². The molecule has 2 N–H and O–H groups in total. The van der Waals surface area contributed by atoms with Crippen LogP contribution in [-0.2, 0) is 20.4 Å². The number of nitrogens with zero attached hydrogens (tertiary/aromatic N) is 1. The van der Waals surface area contributed by atoms with Gasteiger partial charge >= 0.3 is 6.18 Å². The molecule has 0 bridgehead atoms. The van der Waals surface area contributed by atoms with Crippen LogP contribution in [0.1, 0.15) is 18.4 Å². The number of halogens is 3. The lowest BCUT2D eigenvalue weighted by Gasteiger charge is -2.33. The van der Waals surface area contributed by atoms with Gasteiger partial charge in [-0.1, -0.05) is 30.3 Å². The Balaban J connectivity index is 2.03. The molecule has 1 aliphatic rings. The largest absolute Gasteiger partial charge is 0.423 e. The molecule has 0 spiro atoms. The van der Waals surface area contributed by atoms with Crippen LogP contribution in [0.4, 0.5) is 13.2 Å². The smallest absolute Gasteiger partial charge is 0.375 e. The van der Waals surface area contributed by atoms with Gasteiger partial charge in [0.2, 0.25) is 21.5 Å². The number of hydrogen-bond donors (Lipinski definition) is 2. The number of benzene rings is 1. The van der Waals surface area contributed by atoms with Gasteiger partial charge in [0, 0.05) is 19.0 Å². The second kappa shape index (κ2) is 7.53. The van der Waals surface area contributed by atoms with E-state index in [1.54, 1.807) is 0 Å². The molecule has 1 amide bonds. The summed E-state index contributed by atoms with van der Waals surface area (Å²) in [6, 6.07) is 6.55. The minimum atomic E-state index is -4.97. The molecule has 1 aliphatic heterocycles. The summed E-state index contributed by atoms with van der Waals surface area (Å²) in [5, 5.41) is 12.4. The predicted molar refractivity (Wildman–Crippen MR) is 88.5 cm³/mol. The third-order valence-corrected chi connectivity index (χ3v) is 5.84. The number of sulfonamides is 1. The molecule has 1 heterocycles. The SMILES string of the molecule is CS(=O)(=O)N1CCC(C(=O)NC[C@@](O)(c2ccccc2)C(F)(F)F)CC1. The van der Waals surface area contributed by atoms with E-state index in [9.17, 15) is 31.5 Å². The van der Waals surface area contributed by atoms with E-state index in [1.807, 2.05) is 0 Å². The first kappa shape index (κ1) is 20.7. The van der Waals surface area contributed by atoms with Crippen LogP contribution in [0.25, 0.3) is 0 Å². The molecule has 0 aromatic heterocycles. The average Bonchev–Trinajstić information content (AvgIpc) is 2.58. The highest BCUT2D eigenvalue weighted by Crippen LogP contribution is 2.38. The van der Waals surface area contributed by atoms with Crippen molar-refractivity contribution in [2.75, 3.05) is 25.9 Å². The zero-order valence-corrected chi connectivity index (χ0v) is 15.0. The topological polar surface area (TPSA) is 86.7 Å². The van der Waals surface area contributed by atoms with Gasteiger partial charge in [0.05, 0.1) is 12.8 Å². The lowest BCUT2D eigenvalue weighted by atomic mass is 9.92. The summed E-state index contributed by atoms with van der Waals surface area (Å²) in [6.45, 7) is -0.732. The quantitative estimate of drug-likeness (QED) is 0.786. The van der Waals surface area contributed by atoms with Crippen molar-refractivity contribution >= 4 is 15.9 Å². The first-order chi connectivity index (χ1) is 11.9. The molecule has 26 heavy (non-hydrogen) atoms. The summed E-state index contributed by atoms with van der Waals surface area (Å²) in [7, 11) is -3.35. The first-order valence-electron chi connectivity index (χ1n) is 8.02. The number of piperidine rings is 1. The maximum atomic E-state index is 13.4.